The van der Waals surface area contributed by atoms with E-state index in [1.807, 2.05) is 29.6 Å². The zero-order chi connectivity index (χ0) is 13.2. The summed E-state index contributed by atoms with van der Waals surface area (Å²) in [5.41, 5.74) is 1.02. The maximum atomic E-state index is 6.55. The van der Waals surface area contributed by atoms with Crippen LogP contribution in [0, 0.1) is 0 Å². The normalized spacial score (nSPS) is 15.9. The summed E-state index contributed by atoms with van der Waals surface area (Å²) < 4.78 is 12.4. The molecule has 2 nitrogen and oxygen atoms in total. The van der Waals surface area contributed by atoms with Gasteiger partial charge in [0, 0.05) is 15.8 Å². The van der Waals surface area contributed by atoms with Gasteiger partial charge < -0.3 is 9.47 Å². The van der Waals surface area contributed by atoms with Gasteiger partial charge >= 0.3 is 0 Å². The van der Waals surface area contributed by atoms with Crippen LogP contribution >= 0.6 is 38.9 Å². The molecule has 100 valence electrons. The molecule has 0 fully saturated rings. The van der Waals surface area contributed by atoms with Crippen LogP contribution in [-0.4, -0.2) is 13.2 Å². The van der Waals surface area contributed by atoms with E-state index in [-0.39, 0.29) is 5.38 Å². The Labute approximate surface area is 129 Å². The number of benzene rings is 1. The first-order valence-electron chi connectivity index (χ1n) is 6.02. The molecule has 2 heterocycles. The summed E-state index contributed by atoms with van der Waals surface area (Å²) in [7, 11) is 0. The van der Waals surface area contributed by atoms with Crippen molar-refractivity contribution in [2.24, 2.45) is 0 Å². The Bertz CT molecular complexity index is 585. The molecular formula is C14H12BrClO2S. The second kappa shape index (κ2) is 5.73. The minimum absolute atomic E-state index is 0.175. The molecular weight excluding hydrogens is 348 g/mol. The highest BCUT2D eigenvalue weighted by Crippen LogP contribution is 2.40. The standard InChI is InChI=1S/C14H12BrClO2S/c15-10-4-7-19-14(10)13(16)9-2-3-11-12(8-9)18-6-1-5-17-11/h2-4,7-8,13H,1,5-6H2. The number of hydrogen-bond donors (Lipinski definition) is 0. The quantitative estimate of drug-likeness (QED) is 0.702. The lowest BCUT2D eigenvalue weighted by Crippen LogP contribution is -1.97. The molecule has 0 aliphatic carbocycles. The van der Waals surface area contributed by atoms with Crippen LogP contribution in [0.4, 0.5) is 0 Å². The first kappa shape index (κ1) is 13.3. The van der Waals surface area contributed by atoms with Crippen molar-refractivity contribution in [3.8, 4) is 11.5 Å². The van der Waals surface area contributed by atoms with Crippen LogP contribution in [0.2, 0.25) is 0 Å². The largest absolute Gasteiger partial charge is 0.490 e. The molecule has 1 aliphatic rings. The van der Waals surface area contributed by atoms with Gasteiger partial charge in [-0.25, -0.2) is 0 Å². The second-order valence-corrected chi connectivity index (χ2v) is 6.49. The highest BCUT2D eigenvalue weighted by Gasteiger charge is 2.18. The predicted molar refractivity (Wildman–Crippen MR) is 81.8 cm³/mol. The number of halogens is 2. The monoisotopic (exact) mass is 358 g/mol. The van der Waals surface area contributed by atoms with Crippen LogP contribution < -0.4 is 9.47 Å². The molecule has 0 amide bonds. The third-order valence-electron chi connectivity index (χ3n) is 2.94. The van der Waals surface area contributed by atoms with E-state index in [9.17, 15) is 0 Å². The van der Waals surface area contributed by atoms with Crippen molar-refractivity contribution in [2.75, 3.05) is 13.2 Å². The first-order chi connectivity index (χ1) is 9.25. The molecule has 2 aromatic rings. The molecule has 0 spiro atoms. The number of thiophene rings is 1. The maximum Gasteiger partial charge on any atom is 0.161 e. The zero-order valence-electron chi connectivity index (χ0n) is 10.1. The van der Waals surface area contributed by atoms with Gasteiger partial charge in [0.15, 0.2) is 11.5 Å². The summed E-state index contributed by atoms with van der Waals surface area (Å²) in [6.45, 7) is 1.39. The van der Waals surface area contributed by atoms with Crippen LogP contribution in [0.5, 0.6) is 11.5 Å². The van der Waals surface area contributed by atoms with Gasteiger partial charge in [-0.15, -0.1) is 22.9 Å². The Morgan fingerprint density at radius 2 is 1.95 bits per heavy atom. The van der Waals surface area contributed by atoms with E-state index in [2.05, 4.69) is 15.9 Å². The fraction of sp³-hybridized carbons (Fsp3) is 0.286. The number of hydrogen-bond acceptors (Lipinski definition) is 3. The molecule has 0 radical (unpaired) electrons. The Balaban J connectivity index is 1.93. The highest BCUT2D eigenvalue weighted by atomic mass is 79.9. The van der Waals surface area contributed by atoms with E-state index >= 15 is 0 Å². The van der Waals surface area contributed by atoms with Crippen molar-refractivity contribution in [1.29, 1.82) is 0 Å². The van der Waals surface area contributed by atoms with Crippen LogP contribution in [0.25, 0.3) is 0 Å². The fourth-order valence-electron chi connectivity index (χ4n) is 1.98. The molecule has 1 unspecified atom stereocenters. The van der Waals surface area contributed by atoms with E-state index in [1.54, 1.807) is 11.3 Å². The third-order valence-corrected chi connectivity index (χ3v) is 5.47. The average molecular weight is 360 g/mol. The van der Waals surface area contributed by atoms with E-state index in [4.69, 9.17) is 21.1 Å². The molecule has 1 atom stereocenters. The lowest BCUT2D eigenvalue weighted by atomic mass is 10.1. The molecule has 0 saturated carbocycles. The van der Waals surface area contributed by atoms with E-state index < -0.39 is 0 Å². The van der Waals surface area contributed by atoms with Gasteiger partial charge in [-0.2, -0.15) is 0 Å². The van der Waals surface area contributed by atoms with Crippen molar-refractivity contribution < 1.29 is 9.47 Å². The van der Waals surface area contributed by atoms with Gasteiger partial charge in [-0.05, 0) is 45.1 Å². The van der Waals surface area contributed by atoms with Crippen molar-refractivity contribution >= 4 is 38.9 Å². The van der Waals surface area contributed by atoms with Crippen molar-refractivity contribution in [3.63, 3.8) is 0 Å². The Kier molecular flexibility index (Phi) is 4.01. The van der Waals surface area contributed by atoms with E-state index in [1.165, 1.54) is 0 Å². The molecule has 0 bridgehead atoms. The topological polar surface area (TPSA) is 18.5 Å². The number of ether oxygens (including phenoxy) is 2. The Morgan fingerprint density at radius 1 is 1.16 bits per heavy atom. The summed E-state index contributed by atoms with van der Waals surface area (Å²) in [5, 5.41) is 1.85. The third kappa shape index (κ3) is 2.76. The Morgan fingerprint density at radius 3 is 2.68 bits per heavy atom. The smallest absolute Gasteiger partial charge is 0.161 e. The lowest BCUT2D eigenvalue weighted by Gasteiger charge is -2.13. The van der Waals surface area contributed by atoms with Crippen LogP contribution in [-0.2, 0) is 0 Å². The molecule has 3 rings (SSSR count). The number of rotatable bonds is 2. The molecule has 1 aromatic heterocycles. The van der Waals surface area contributed by atoms with Crippen molar-refractivity contribution in [1.82, 2.24) is 0 Å². The highest BCUT2D eigenvalue weighted by molar-refractivity contribution is 9.10. The van der Waals surface area contributed by atoms with Gasteiger partial charge in [-0.3, -0.25) is 0 Å². The fourth-order valence-corrected chi connectivity index (χ4v) is 4.12. The molecule has 19 heavy (non-hydrogen) atoms. The molecule has 1 aromatic carbocycles. The second-order valence-electron chi connectivity index (χ2n) is 4.25. The van der Waals surface area contributed by atoms with Crippen LogP contribution in [0.3, 0.4) is 0 Å². The SMILES string of the molecule is ClC(c1ccc2c(c1)OCCCO2)c1sccc1Br. The van der Waals surface area contributed by atoms with E-state index in [0.29, 0.717) is 13.2 Å². The maximum absolute atomic E-state index is 6.55. The predicted octanol–water partition coefficient (Wildman–Crippen LogP) is 5.00. The van der Waals surface area contributed by atoms with Gasteiger partial charge in [0.25, 0.3) is 0 Å². The summed E-state index contributed by atoms with van der Waals surface area (Å²) in [4.78, 5) is 1.11. The zero-order valence-corrected chi connectivity index (χ0v) is 13.2. The van der Waals surface area contributed by atoms with Gasteiger partial charge in [0.1, 0.15) is 0 Å². The van der Waals surface area contributed by atoms with Crippen molar-refractivity contribution in [3.05, 3.63) is 44.6 Å². The minimum Gasteiger partial charge on any atom is -0.490 e. The van der Waals surface area contributed by atoms with Gasteiger partial charge in [0.2, 0.25) is 0 Å². The molecule has 0 N–H and O–H groups in total. The lowest BCUT2D eigenvalue weighted by molar-refractivity contribution is 0.297. The summed E-state index contributed by atoms with van der Waals surface area (Å²) in [5.74, 6) is 1.59. The molecule has 0 saturated heterocycles. The van der Waals surface area contributed by atoms with Gasteiger partial charge in [-0.1, -0.05) is 6.07 Å². The van der Waals surface area contributed by atoms with Crippen LogP contribution in [0.15, 0.2) is 34.1 Å². The summed E-state index contributed by atoms with van der Waals surface area (Å²) in [6.07, 6.45) is 0.908. The molecule has 1 aliphatic heterocycles. The summed E-state index contributed by atoms with van der Waals surface area (Å²) in [6, 6.07) is 7.92. The number of alkyl halides is 1. The van der Waals surface area contributed by atoms with E-state index in [0.717, 1.165) is 32.8 Å². The molecule has 5 heteroatoms. The summed E-state index contributed by atoms with van der Waals surface area (Å²) >= 11 is 11.7. The van der Waals surface area contributed by atoms with Gasteiger partial charge in [0.05, 0.1) is 18.6 Å². The van der Waals surface area contributed by atoms with Crippen LogP contribution in [0.1, 0.15) is 22.2 Å². The average Bonchev–Trinajstić information content (AvgIpc) is 2.72. The number of fused-ring (bicyclic) bond motifs is 1. The minimum atomic E-state index is -0.175. The van der Waals surface area contributed by atoms with Crippen molar-refractivity contribution in [2.45, 2.75) is 11.8 Å². The Hall–Kier alpha value is -0.710. The first-order valence-corrected chi connectivity index (χ1v) is 8.13.